The Morgan fingerprint density at radius 3 is 2.71 bits per heavy atom. The van der Waals surface area contributed by atoms with Gasteiger partial charge in [-0.05, 0) is 18.2 Å². The van der Waals surface area contributed by atoms with E-state index < -0.39 is 39.3 Å². The minimum absolute atomic E-state index is 0.0752. The number of nitrogens with one attached hydrogen (secondary N) is 1. The first-order chi connectivity index (χ1) is 13.1. The van der Waals surface area contributed by atoms with Crippen LogP contribution >= 0.6 is 0 Å². The highest BCUT2D eigenvalue weighted by Crippen LogP contribution is 2.41. The standard InChI is InChI=1S/C17H18F3N5O2S/c1-3-28(26,27)16-14(23-13-6-4-5-7-25(13)16)15-22-10-8-12(17(18,19)20)21-9-11(10)24(15)2/h4-9,14-16,22H,3H2,1-2H3. The number of fused-ring (bicyclic) bond motifs is 2. The van der Waals surface area contributed by atoms with Gasteiger partial charge in [-0.1, -0.05) is 13.0 Å². The zero-order chi connectivity index (χ0) is 20.3. The lowest BCUT2D eigenvalue weighted by Gasteiger charge is -2.32. The van der Waals surface area contributed by atoms with Crippen LogP contribution in [0.2, 0.25) is 0 Å². The molecule has 0 amide bonds. The highest BCUT2D eigenvalue weighted by atomic mass is 32.2. The van der Waals surface area contributed by atoms with Gasteiger partial charge in [-0.25, -0.2) is 13.4 Å². The fourth-order valence-corrected chi connectivity index (χ4v) is 5.16. The number of sulfone groups is 1. The number of hydrogen-bond donors (Lipinski definition) is 1. The third-order valence-corrected chi connectivity index (χ3v) is 7.13. The lowest BCUT2D eigenvalue weighted by Crippen LogP contribution is -2.53. The van der Waals surface area contributed by atoms with E-state index >= 15 is 0 Å². The molecule has 0 saturated heterocycles. The molecule has 7 nitrogen and oxygen atoms in total. The predicted molar refractivity (Wildman–Crippen MR) is 99.6 cm³/mol. The van der Waals surface area contributed by atoms with Crippen LogP contribution in [0.4, 0.5) is 24.5 Å². The average molecular weight is 413 g/mol. The van der Waals surface area contributed by atoms with Crippen LogP contribution in [0.25, 0.3) is 0 Å². The van der Waals surface area contributed by atoms with E-state index in [1.165, 1.54) is 0 Å². The van der Waals surface area contributed by atoms with Gasteiger partial charge in [-0.15, -0.1) is 0 Å². The van der Waals surface area contributed by atoms with Crippen LogP contribution in [0.3, 0.4) is 0 Å². The Morgan fingerprint density at radius 2 is 2.04 bits per heavy atom. The molecule has 1 N–H and O–H groups in total. The molecule has 0 bridgehead atoms. The molecule has 4 rings (SSSR count). The second kappa shape index (κ2) is 6.23. The number of aliphatic imine (C=N–C) groups is 1. The summed E-state index contributed by atoms with van der Waals surface area (Å²) in [4.78, 5) is 11.3. The fourth-order valence-electron chi connectivity index (χ4n) is 3.66. The van der Waals surface area contributed by atoms with Gasteiger partial charge >= 0.3 is 6.18 Å². The van der Waals surface area contributed by atoms with Crippen molar-refractivity contribution >= 4 is 27.0 Å². The zero-order valence-electron chi connectivity index (χ0n) is 15.1. The first kappa shape index (κ1) is 18.8. The highest BCUT2D eigenvalue weighted by Gasteiger charge is 2.49. The van der Waals surface area contributed by atoms with E-state index in [0.717, 1.165) is 12.3 Å². The highest BCUT2D eigenvalue weighted by molar-refractivity contribution is 7.92. The SMILES string of the molecule is CCS(=O)(=O)C1C(C2Nc3cc(C(F)(F)F)ncc3N2C)N=C2C=CC=CN21. The van der Waals surface area contributed by atoms with Crippen molar-refractivity contribution in [2.45, 2.75) is 30.7 Å². The van der Waals surface area contributed by atoms with E-state index in [-0.39, 0.29) is 11.4 Å². The van der Waals surface area contributed by atoms with Crippen molar-refractivity contribution < 1.29 is 21.6 Å². The molecule has 4 heterocycles. The van der Waals surface area contributed by atoms with Gasteiger partial charge in [0.2, 0.25) is 0 Å². The number of halogens is 3. The summed E-state index contributed by atoms with van der Waals surface area (Å²) in [6.45, 7) is 1.56. The Labute approximate surface area is 160 Å². The lowest BCUT2D eigenvalue weighted by molar-refractivity contribution is -0.141. The molecule has 3 aliphatic heterocycles. The van der Waals surface area contributed by atoms with E-state index in [1.807, 2.05) is 0 Å². The summed E-state index contributed by atoms with van der Waals surface area (Å²) in [5.74, 6) is 0.434. The summed E-state index contributed by atoms with van der Waals surface area (Å²) in [6.07, 6.45) is 2.79. The molecule has 0 fully saturated rings. The van der Waals surface area contributed by atoms with Gasteiger partial charge in [0.05, 0.1) is 17.6 Å². The quantitative estimate of drug-likeness (QED) is 0.819. The molecule has 0 aliphatic carbocycles. The van der Waals surface area contributed by atoms with Crippen LogP contribution in [-0.4, -0.2) is 54.5 Å². The van der Waals surface area contributed by atoms with E-state index in [4.69, 9.17) is 0 Å². The first-order valence-corrected chi connectivity index (χ1v) is 10.3. The molecular formula is C17H18F3N5O2S. The normalized spacial score (nSPS) is 26.2. The third-order valence-electron chi connectivity index (χ3n) is 5.08. The molecule has 28 heavy (non-hydrogen) atoms. The van der Waals surface area contributed by atoms with Crippen LogP contribution < -0.4 is 10.2 Å². The van der Waals surface area contributed by atoms with Gasteiger partial charge in [-0.2, -0.15) is 13.2 Å². The number of anilines is 2. The second-order valence-corrected chi connectivity index (χ2v) is 9.10. The predicted octanol–water partition coefficient (Wildman–Crippen LogP) is 2.22. The van der Waals surface area contributed by atoms with Crippen molar-refractivity contribution in [3.63, 3.8) is 0 Å². The van der Waals surface area contributed by atoms with E-state index in [1.54, 1.807) is 48.2 Å². The Morgan fingerprint density at radius 1 is 1.29 bits per heavy atom. The summed E-state index contributed by atoms with van der Waals surface area (Å²) < 4.78 is 64.6. The van der Waals surface area contributed by atoms with E-state index in [2.05, 4.69) is 15.3 Å². The van der Waals surface area contributed by atoms with E-state index in [0.29, 0.717) is 11.5 Å². The van der Waals surface area contributed by atoms with Gasteiger partial charge < -0.3 is 15.1 Å². The molecule has 0 spiro atoms. The Bertz CT molecular complexity index is 1000. The molecule has 3 atom stereocenters. The maximum atomic E-state index is 13.0. The Balaban J connectivity index is 1.72. The number of amidine groups is 1. The molecule has 0 radical (unpaired) electrons. The molecule has 3 aliphatic rings. The smallest absolute Gasteiger partial charge is 0.362 e. The zero-order valence-corrected chi connectivity index (χ0v) is 15.9. The maximum absolute atomic E-state index is 13.0. The van der Waals surface area contributed by atoms with Crippen LogP contribution in [0, 0.1) is 0 Å². The van der Waals surface area contributed by atoms with Gasteiger partial charge in [0.1, 0.15) is 23.7 Å². The molecule has 11 heteroatoms. The molecule has 3 unspecified atom stereocenters. The first-order valence-electron chi connectivity index (χ1n) is 8.62. The van der Waals surface area contributed by atoms with Crippen LogP contribution in [0.15, 0.2) is 41.7 Å². The number of nitrogens with zero attached hydrogens (tertiary/aromatic N) is 4. The van der Waals surface area contributed by atoms with Gasteiger partial charge in [0, 0.05) is 19.0 Å². The van der Waals surface area contributed by atoms with E-state index in [9.17, 15) is 21.6 Å². The summed E-state index contributed by atoms with van der Waals surface area (Å²) in [5, 5.41) is 2.07. The van der Waals surface area contributed by atoms with Crippen LogP contribution in [-0.2, 0) is 16.0 Å². The number of rotatable bonds is 3. The van der Waals surface area contributed by atoms with Crippen molar-refractivity contribution in [2.24, 2.45) is 4.99 Å². The van der Waals surface area contributed by atoms with Crippen LogP contribution in [0.5, 0.6) is 0 Å². The third kappa shape index (κ3) is 2.84. The Kier molecular flexibility index (Phi) is 4.18. The molecule has 0 aromatic carbocycles. The van der Waals surface area contributed by atoms with Crippen LogP contribution in [0.1, 0.15) is 12.6 Å². The number of aromatic nitrogens is 1. The molecule has 150 valence electrons. The average Bonchev–Trinajstić information content (AvgIpc) is 3.19. The van der Waals surface area contributed by atoms with Crippen molar-refractivity contribution in [1.82, 2.24) is 9.88 Å². The number of pyridine rings is 1. The number of likely N-dealkylation sites (N-methyl/N-ethyl adjacent to an activating group) is 1. The summed E-state index contributed by atoms with van der Waals surface area (Å²) in [7, 11) is -1.86. The minimum atomic E-state index is -4.56. The van der Waals surface area contributed by atoms with Crippen molar-refractivity contribution in [2.75, 3.05) is 23.0 Å². The summed E-state index contributed by atoms with van der Waals surface area (Å²) in [6, 6.07) is 0.198. The topological polar surface area (TPSA) is 77.9 Å². The molecule has 1 aromatic heterocycles. The molecular weight excluding hydrogens is 395 g/mol. The maximum Gasteiger partial charge on any atom is 0.433 e. The monoisotopic (exact) mass is 413 g/mol. The second-order valence-electron chi connectivity index (χ2n) is 6.71. The van der Waals surface area contributed by atoms with Gasteiger partial charge in [0.25, 0.3) is 0 Å². The lowest BCUT2D eigenvalue weighted by atomic mass is 10.2. The molecule has 0 saturated carbocycles. The van der Waals surface area contributed by atoms with Crippen molar-refractivity contribution in [3.8, 4) is 0 Å². The van der Waals surface area contributed by atoms with Gasteiger partial charge in [0.15, 0.2) is 15.2 Å². The summed E-state index contributed by atoms with van der Waals surface area (Å²) >= 11 is 0. The largest absolute Gasteiger partial charge is 0.433 e. The Hall–Kier alpha value is -2.56. The minimum Gasteiger partial charge on any atom is -0.362 e. The number of hydrogen-bond acceptors (Lipinski definition) is 7. The fraction of sp³-hybridized carbons (Fsp3) is 0.412. The van der Waals surface area contributed by atoms with Gasteiger partial charge in [-0.3, -0.25) is 4.99 Å². The number of alkyl halides is 3. The van der Waals surface area contributed by atoms with Crippen molar-refractivity contribution in [3.05, 3.63) is 42.4 Å². The number of allylic oxidation sites excluding steroid dienone is 2. The molecule has 1 aromatic rings. The summed E-state index contributed by atoms with van der Waals surface area (Å²) in [5.41, 5.74) is -0.299. The van der Waals surface area contributed by atoms with Crippen molar-refractivity contribution in [1.29, 1.82) is 0 Å².